The highest BCUT2D eigenvalue weighted by molar-refractivity contribution is 7.90. The Labute approximate surface area is 239 Å². The first kappa shape index (κ1) is 29.3. The highest BCUT2D eigenvalue weighted by Gasteiger charge is 2.36. The van der Waals surface area contributed by atoms with E-state index in [1.165, 1.54) is 36.2 Å². The zero-order valence-corrected chi connectivity index (χ0v) is 24.3. The largest absolute Gasteiger partial charge is 0.264 e. The topological polar surface area (TPSA) is 134 Å². The average Bonchev–Trinajstić information content (AvgIpc) is 3.34. The molecule has 0 saturated carbocycles. The molecule has 208 valence electrons. The molecule has 0 fully saturated rings. The molecule has 39 heavy (non-hydrogen) atoms. The zero-order valence-electron chi connectivity index (χ0n) is 21.1. The molecule has 2 aromatic carbocycles. The van der Waals surface area contributed by atoms with Crippen molar-refractivity contribution in [1.29, 1.82) is 0 Å². The van der Waals surface area contributed by atoms with Crippen LogP contribution in [0.5, 0.6) is 0 Å². The van der Waals surface area contributed by atoms with Crippen LogP contribution in [-0.2, 0) is 20.0 Å². The second-order valence-corrected chi connectivity index (χ2v) is 13.9. The number of hydrogen-bond donors (Lipinski definition) is 2. The third-order valence-electron chi connectivity index (χ3n) is 6.57. The van der Waals surface area contributed by atoms with E-state index in [2.05, 4.69) is 21.9 Å². The van der Waals surface area contributed by atoms with Crippen LogP contribution in [0.15, 0.2) is 87.8 Å². The Morgan fingerprint density at radius 2 is 1.72 bits per heavy atom. The monoisotopic (exact) mass is 609 g/mol. The summed E-state index contributed by atoms with van der Waals surface area (Å²) in [4.78, 5) is 4.45. The Hall–Kier alpha value is -2.70. The van der Waals surface area contributed by atoms with Gasteiger partial charge < -0.3 is 0 Å². The summed E-state index contributed by atoms with van der Waals surface area (Å²) >= 11 is 12.0. The minimum Gasteiger partial charge on any atom is -0.251 e. The number of primary sulfonamides is 1. The van der Waals surface area contributed by atoms with Gasteiger partial charge in [-0.15, -0.1) is 0 Å². The summed E-state index contributed by atoms with van der Waals surface area (Å²) in [6.45, 7) is 1.84. The summed E-state index contributed by atoms with van der Waals surface area (Å²) in [5.74, 6) is 0.0442. The van der Waals surface area contributed by atoms with Crippen LogP contribution in [0.1, 0.15) is 25.3 Å². The number of aliphatic imine (C=N–C) groups is 1. The summed E-state index contributed by atoms with van der Waals surface area (Å²) in [7, 11) is -7.82. The van der Waals surface area contributed by atoms with Crippen molar-refractivity contribution in [3.05, 3.63) is 88.4 Å². The van der Waals surface area contributed by atoms with E-state index in [-0.39, 0.29) is 35.7 Å². The number of nitrogens with two attached hydrogens (primary N) is 1. The molecule has 13 heteroatoms. The third kappa shape index (κ3) is 7.49. The third-order valence-corrected chi connectivity index (χ3v) is 9.78. The van der Waals surface area contributed by atoms with Crippen molar-refractivity contribution in [3.63, 3.8) is 0 Å². The van der Waals surface area contributed by atoms with Gasteiger partial charge in [-0.2, -0.15) is 5.10 Å². The van der Waals surface area contributed by atoms with Crippen LogP contribution in [-0.4, -0.2) is 51.9 Å². The van der Waals surface area contributed by atoms with Crippen LogP contribution < -0.4 is 9.86 Å². The van der Waals surface area contributed by atoms with Gasteiger partial charge in [-0.1, -0.05) is 59.6 Å². The highest BCUT2D eigenvalue weighted by Crippen LogP contribution is 2.31. The van der Waals surface area contributed by atoms with Gasteiger partial charge in [0.1, 0.15) is 0 Å². The number of allylic oxidation sites excluding steroid dienone is 4. The number of halogens is 2. The van der Waals surface area contributed by atoms with E-state index in [0.717, 1.165) is 17.7 Å². The number of sulfonamides is 2. The fourth-order valence-electron chi connectivity index (χ4n) is 4.26. The predicted molar refractivity (Wildman–Crippen MR) is 156 cm³/mol. The number of rotatable bonds is 8. The van der Waals surface area contributed by atoms with E-state index in [4.69, 9.17) is 33.4 Å². The van der Waals surface area contributed by atoms with Gasteiger partial charge in [0.2, 0.25) is 16.0 Å². The summed E-state index contributed by atoms with van der Waals surface area (Å²) in [5.41, 5.74) is 1.63. The average molecular weight is 611 g/mol. The second-order valence-electron chi connectivity index (χ2n) is 9.35. The van der Waals surface area contributed by atoms with Crippen molar-refractivity contribution in [3.8, 4) is 0 Å². The summed E-state index contributed by atoms with van der Waals surface area (Å²) in [5, 5.41) is 11.7. The van der Waals surface area contributed by atoms with E-state index in [0.29, 0.717) is 16.6 Å². The Morgan fingerprint density at radius 3 is 2.31 bits per heavy atom. The highest BCUT2D eigenvalue weighted by atomic mass is 35.5. The van der Waals surface area contributed by atoms with Crippen molar-refractivity contribution < 1.29 is 16.8 Å². The van der Waals surface area contributed by atoms with Gasteiger partial charge in [-0.3, -0.25) is 4.99 Å². The van der Waals surface area contributed by atoms with Crippen LogP contribution >= 0.6 is 23.2 Å². The maximum atomic E-state index is 13.3. The zero-order chi connectivity index (χ0) is 28.2. The standard InChI is InChI=1S/C26H29Cl2N5O4S2/c1-18(38(29,34)35)15-16-30-26(32-39(36,37)23-13-11-22(28)12-14-23)33-17-24(19-5-3-2-4-6-19)25(31-33)20-7-9-21(27)10-8-20/h2-5,7-14,18-19,24H,6,15-17H2,1H3,(H,30,32)(H2,29,34,35)/t18-,19?,24-/m1/s1. The Kier molecular flexibility index (Phi) is 9.18. The minimum atomic E-state index is -4.06. The van der Waals surface area contributed by atoms with Crippen molar-refractivity contribution >= 4 is 54.9 Å². The molecule has 4 rings (SSSR count). The molecular formula is C26H29Cl2N5O4S2. The quantitative estimate of drug-likeness (QED) is 0.342. The molecule has 0 radical (unpaired) electrons. The maximum Gasteiger partial charge on any atom is 0.264 e. The molecule has 0 saturated heterocycles. The number of nitrogens with zero attached hydrogens (tertiary/aromatic N) is 3. The van der Waals surface area contributed by atoms with Crippen molar-refractivity contribution in [2.45, 2.75) is 29.9 Å². The molecule has 1 aliphatic carbocycles. The first-order valence-electron chi connectivity index (χ1n) is 12.2. The van der Waals surface area contributed by atoms with E-state index in [1.807, 2.05) is 24.3 Å². The molecule has 9 nitrogen and oxygen atoms in total. The smallest absolute Gasteiger partial charge is 0.251 e. The molecule has 0 amide bonds. The van der Waals surface area contributed by atoms with Crippen LogP contribution in [0.25, 0.3) is 0 Å². The van der Waals surface area contributed by atoms with Crippen LogP contribution in [0.2, 0.25) is 10.0 Å². The summed E-state index contributed by atoms with van der Waals surface area (Å²) in [6, 6.07) is 13.0. The Morgan fingerprint density at radius 1 is 1.08 bits per heavy atom. The Balaban J connectivity index is 1.70. The van der Waals surface area contributed by atoms with Crippen molar-refractivity contribution in [2.24, 2.45) is 27.1 Å². The fraction of sp³-hybridized carbons (Fsp3) is 0.308. The lowest BCUT2D eigenvalue weighted by atomic mass is 9.82. The first-order chi connectivity index (χ1) is 18.4. The van der Waals surface area contributed by atoms with E-state index < -0.39 is 25.3 Å². The SMILES string of the molecule is C[C@H](CCN=C(NS(=O)(=O)c1ccc(Cl)cc1)N1C[C@H](C2C=CC=CC2)C(c2ccc(Cl)cc2)=N1)S(N)(=O)=O. The van der Waals surface area contributed by atoms with Gasteiger partial charge in [-0.25, -0.2) is 31.7 Å². The molecule has 3 atom stereocenters. The molecule has 1 heterocycles. The fourth-order valence-corrected chi connectivity index (χ4v) is 5.96. The molecule has 1 unspecified atom stereocenters. The first-order valence-corrected chi connectivity index (χ1v) is 16.1. The van der Waals surface area contributed by atoms with Crippen molar-refractivity contribution in [2.75, 3.05) is 13.1 Å². The minimum absolute atomic E-state index is 0.00416. The number of guanidine groups is 1. The van der Waals surface area contributed by atoms with Gasteiger partial charge >= 0.3 is 0 Å². The molecule has 0 bridgehead atoms. The number of nitrogens with one attached hydrogen (secondary N) is 1. The van der Waals surface area contributed by atoms with E-state index in [9.17, 15) is 16.8 Å². The molecule has 1 aliphatic heterocycles. The van der Waals surface area contributed by atoms with Gasteiger partial charge in [0, 0.05) is 22.5 Å². The van der Waals surface area contributed by atoms with Gasteiger partial charge in [-0.05, 0) is 67.6 Å². The molecular weight excluding hydrogens is 581 g/mol. The normalized spacial score (nSPS) is 20.7. The van der Waals surface area contributed by atoms with Gasteiger partial charge in [0.15, 0.2) is 0 Å². The molecule has 2 aromatic rings. The lowest BCUT2D eigenvalue weighted by Gasteiger charge is -2.24. The number of hydrazone groups is 1. The second kappa shape index (κ2) is 12.2. The number of benzene rings is 2. The molecule has 3 N–H and O–H groups in total. The van der Waals surface area contributed by atoms with Crippen LogP contribution in [0.3, 0.4) is 0 Å². The van der Waals surface area contributed by atoms with Gasteiger partial charge in [0.25, 0.3) is 10.0 Å². The maximum absolute atomic E-state index is 13.3. The molecule has 2 aliphatic rings. The molecule has 0 aromatic heterocycles. The number of hydrogen-bond acceptors (Lipinski definition) is 6. The summed E-state index contributed by atoms with van der Waals surface area (Å²) < 4.78 is 52.5. The predicted octanol–water partition coefficient (Wildman–Crippen LogP) is 4.16. The lowest BCUT2D eigenvalue weighted by molar-refractivity contribution is 0.390. The van der Waals surface area contributed by atoms with Crippen LogP contribution in [0.4, 0.5) is 0 Å². The molecule has 0 spiro atoms. The lowest BCUT2D eigenvalue weighted by Crippen LogP contribution is -2.42. The van der Waals surface area contributed by atoms with Crippen LogP contribution in [0, 0.1) is 11.8 Å². The van der Waals surface area contributed by atoms with Gasteiger partial charge in [0.05, 0.1) is 22.4 Å². The van der Waals surface area contributed by atoms with E-state index in [1.54, 1.807) is 12.1 Å². The summed E-state index contributed by atoms with van der Waals surface area (Å²) in [6.07, 6.45) is 9.08. The van der Waals surface area contributed by atoms with E-state index >= 15 is 0 Å². The van der Waals surface area contributed by atoms with Crippen molar-refractivity contribution in [1.82, 2.24) is 9.73 Å². The Bertz CT molecular complexity index is 1520.